The number of carbonyl (C=O) groups excluding carboxylic acids is 1. The van der Waals surface area contributed by atoms with E-state index < -0.39 is 12.0 Å². The van der Waals surface area contributed by atoms with Crippen LogP contribution >= 0.6 is 0 Å². The van der Waals surface area contributed by atoms with Gasteiger partial charge in [0, 0.05) is 0 Å². The predicted octanol–water partition coefficient (Wildman–Crippen LogP) is 1.09. The van der Waals surface area contributed by atoms with Gasteiger partial charge < -0.3 is 9.47 Å². The number of rotatable bonds is 5. The minimum Gasteiger partial charge on any atom is -0.480 e. The number of aromatic amines is 1. The van der Waals surface area contributed by atoms with Gasteiger partial charge in [0.1, 0.15) is 11.8 Å². The molecule has 0 spiro atoms. The van der Waals surface area contributed by atoms with E-state index in [4.69, 9.17) is 14.7 Å². The van der Waals surface area contributed by atoms with Crippen molar-refractivity contribution < 1.29 is 14.3 Å². The molecule has 1 atom stereocenters. The van der Waals surface area contributed by atoms with E-state index in [1.54, 1.807) is 31.2 Å². The number of nitriles is 1. The molecule has 2 rings (SSSR count). The van der Waals surface area contributed by atoms with Crippen LogP contribution in [0.2, 0.25) is 0 Å². The highest BCUT2D eigenvalue weighted by molar-refractivity contribution is 5.92. The Bertz CT molecular complexity index is 676. The maximum absolute atomic E-state index is 12.0. The lowest BCUT2D eigenvalue weighted by Gasteiger charge is -2.14. The van der Waals surface area contributed by atoms with Gasteiger partial charge in [-0.05, 0) is 19.1 Å². The van der Waals surface area contributed by atoms with Gasteiger partial charge in [0.25, 0.3) is 5.91 Å². The Morgan fingerprint density at radius 3 is 2.90 bits per heavy atom. The van der Waals surface area contributed by atoms with Crippen LogP contribution in [0.4, 0.5) is 5.95 Å². The number of para-hydroxylation sites is 1. The van der Waals surface area contributed by atoms with E-state index in [-0.39, 0.29) is 12.0 Å². The molecule has 21 heavy (non-hydrogen) atoms. The average Bonchev–Trinajstić information content (AvgIpc) is 2.95. The molecular formula is C13H13N5O3. The highest BCUT2D eigenvalue weighted by Crippen LogP contribution is 2.18. The third-order valence-corrected chi connectivity index (χ3v) is 2.57. The van der Waals surface area contributed by atoms with Crippen LogP contribution in [0.5, 0.6) is 11.8 Å². The SMILES string of the molecule is COc1n[nH]c(NC(=O)C(C)Oc2ccccc2C#N)n1. The molecular weight excluding hydrogens is 274 g/mol. The second-order valence-electron chi connectivity index (χ2n) is 4.03. The monoisotopic (exact) mass is 287 g/mol. The Morgan fingerprint density at radius 1 is 1.48 bits per heavy atom. The highest BCUT2D eigenvalue weighted by atomic mass is 16.5. The molecule has 1 amide bonds. The number of aromatic nitrogens is 3. The van der Waals surface area contributed by atoms with E-state index >= 15 is 0 Å². The van der Waals surface area contributed by atoms with E-state index in [0.29, 0.717) is 11.3 Å². The predicted molar refractivity (Wildman–Crippen MR) is 72.8 cm³/mol. The van der Waals surface area contributed by atoms with E-state index in [1.807, 2.05) is 6.07 Å². The fourth-order valence-corrected chi connectivity index (χ4v) is 1.52. The first-order valence-electron chi connectivity index (χ1n) is 6.07. The minimum atomic E-state index is -0.810. The van der Waals surface area contributed by atoms with Gasteiger partial charge in [0.15, 0.2) is 6.10 Å². The summed E-state index contributed by atoms with van der Waals surface area (Å²) in [5.74, 6) is 0.0696. The van der Waals surface area contributed by atoms with Crippen molar-refractivity contribution >= 4 is 11.9 Å². The number of hydrogen-bond acceptors (Lipinski definition) is 6. The van der Waals surface area contributed by atoms with Gasteiger partial charge in [0.2, 0.25) is 5.95 Å². The third kappa shape index (κ3) is 3.48. The maximum Gasteiger partial charge on any atom is 0.336 e. The van der Waals surface area contributed by atoms with Crippen LogP contribution < -0.4 is 14.8 Å². The summed E-state index contributed by atoms with van der Waals surface area (Å²) in [6, 6.07) is 8.80. The Morgan fingerprint density at radius 2 is 2.24 bits per heavy atom. The molecule has 0 aliphatic rings. The van der Waals surface area contributed by atoms with E-state index in [2.05, 4.69) is 20.5 Å². The summed E-state index contributed by atoms with van der Waals surface area (Å²) in [5.41, 5.74) is 0.360. The van der Waals surface area contributed by atoms with Crippen LogP contribution in [-0.2, 0) is 4.79 Å². The van der Waals surface area contributed by atoms with Crippen LogP contribution in [0, 0.1) is 11.3 Å². The number of benzene rings is 1. The van der Waals surface area contributed by atoms with Gasteiger partial charge in [0.05, 0.1) is 12.7 Å². The largest absolute Gasteiger partial charge is 0.480 e. The Labute approximate surface area is 120 Å². The number of amides is 1. The fourth-order valence-electron chi connectivity index (χ4n) is 1.52. The molecule has 2 aromatic rings. The number of carbonyl (C=O) groups is 1. The standard InChI is InChI=1S/C13H13N5O3/c1-8(21-10-6-4-3-5-9(10)7-14)11(19)15-12-16-13(20-2)18-17-12/h3-6,8H,1-2H3,(H2,15,16,17,18,19). The lowest BCUT2D eigenvalue weighted by Crippen LogP contribution is -2.30. The zero-order chi connectivity index (χ0) is 15.2. The number of nitrogens with one attached hydrogen (secondary N) is 2. The van der Waals surface area contributed by atoms with Crippen molar-refractivity contribution in [2.75, 3.05) is 12.4 Å². The minimum absolute atomic E-state index is 0.119. The Kier molecular flexibility index (Phi) is 4.36. The molecule has 8 nitrogen and oxygen atoms in total. The molecule has 0 fully saturated rings. The van der Waals surface area contributed by atoms with Crippen molar-refractivity contribution in [1.29, 1.82) is 5.26 Å². The zero-order valence-electron chi connectivity index (χ0n) is 11.5. The molecule has 0 radical (unpaired) electrons. The zero-order valence-corrected chi connectivity index (χ0v) is 11.5. The van der Waals surface area contributed by atoms with Gasteiger partial charge in [-0.25, -0.2) is 5.10 Å². The summed E-state index contributed by atoms with van der Waals surface area (Å²) >= 11 is 0. The van der Waals surface area contributed by atoms with Crippen LogP contribution in [0.3, 0.4) is 0 Å². The van der Waals surface area contributed by atoms with Crippen LogP contribution in [-0.4, -0.2) is 34.3 Å². The molecule has 0 aliphatic carbocycles. The third-order valence-electron chi connectivity index (χ3n) is 2.57. The first-order valence-corrected chi connectivity index (χ1v) is 6.07. The van der Waals surface area contributed by atoms with Crippen molar-refractivity contribution in [3.63, 3.8) is 0 Å². The molecule has 1 aromatic heterocycles. The molecule has 0 saturated carbocycles. The van der Waals surface area contributed by atoms with Gasteiger partial charge >= 0.3 is 6.01 Å². The average molecular weight is 287 g/mol. The molecule has 1 aromatic carbocycles. The molecule has 2 N–H and O–H groups in total. The van der Waals surface area contributed by atoms with Gasteiger partial charge in [-0.2, -0.15) is 10.2 Å². The summed E-state index contributed by atoms with van der Waals surface area (Å²) in [5, 5.41) is 17.7. The Balaban J connectivity index is 2.01. The maximum atomic E-state index is 12.0. The lowest BCUT2D eigenvalue weighted by molar-refractivity contribution is -0.122. The fraction of sp³-hybridized carbons (Fsp3) is 0.231. The van der Waals surface area contributed by atoms with Crippen molar-refractivity contribution in [2.24, 2.45) is 0 Å². The van der Waals surface area contributed by atoms with Crippen LogP contribution in [0.1, 0.15) is 12.5 Å². The first kappa shape index (κ1) is 14.3. The summed E-state index contributed by atoms with van der Waals surface area (Å²) in [4.78, 5) is 15.8. The number of methoxy groups -OCH3 is 1. The summed E-state index contributed by atoms with van der Waals surface area (Å²) in [6.07, 6.45) is -0.810. The smallest absolute Gasteiger partial charge is 0.336 e. The molecule has 0 bridgehead atoms. The molecule has 108 valence electrons. The van der Waals surface area contributed by atoms with Crippen molar-refractivity contribution in [3.05, 3.63) is 29.8 Å². The lowest BCUT2D eigenvalue weighted by atomic mass is 10.2. The number of H-pyrrole nitrogens is 1. The van der Waals surface area contributed by atoms with Crippen LogP contribution in [0.25, 0.3) is 0 Å². The summed E-state index contributed by atoms with van der Waals surface area (Å²) in [7, 11) is 1.42. The second kappa shape index (κ2) is 6.38. The molecule has 1 unspecified atom stereocenters. The van der Waals surface area contributed by atoms with E-state index in [9.17, 15) is 4.79 Å². The van der Waals surface area contributed by atoms with Crippen molar-refractivity contribution in [1.82, 2.24) is 15.2 Å². The number of ether oxygens (including phenoxy) is 2. The van der Waals surface area contributed by atoms with Crippen molar-refractivity contribution in [2.45, 2.75) is 13.0 Å². The molecule has 1 heterocycles. The van der Waals surface area contributed by atoms with E-state index in [0.717, 1.165) is 0 Å². The molecule has 0 saturated heterocycles. The number of nitrogens with zero attached hydrogens (tertiary/aromatic N) is 3. The summed E-state index contributed by atoms with van der Waals surface area (Å²) in [6.45, 7) is 1.57. The van der Waals surface area contributed by atoms with Crippen LogP contribution in [0.15, 0.2) is 24.3 Å². The van der Waals surface area contributed by atoms with Gasteiger partial charge in [-0.1, -0.05) is 12.1 Å². The summed E-state index contributed by atoms with van der Waals surface area (Å²) < 4.78 is 10.3. The number of anilines is 1. The first-order chi connectivity index (χ1) is 10.1. The quantitative estimate of drug-likeness (QED) is 0.851. The van der Waals surface area contributed by atoms with Gasteiger partial charge in [-0.3, -0.25) is 10.1 Å². The normalized spacial score (nSPS) is 11.3. The number of hydrogen-bond donors (Lipinski definition) is 2. The molecule has 0 aliphatic heterocycles. The Hall–Kier alpha value is -3.08. The van der Waals surface area contributed by atoms with E-state index in [1.165, 1.54) is 7.11 Å². The van der Waals surface area contributed by atoms with Gasteiger partial charge in [-0.15, -0.1) is 5.10 Å². The van der Waals surface area contributed by atoms with Crippen molar-refractivity contribution in [3.8, 4) is 17.8 Å². The second-order valence-corrected chi connectivity index (χ2v) is 4.03. The topological polar surface area (TPSA) is 113 Å². The molecule has 8 heteroatoms. The highest BCUT2D eigenvalue weighted by Gasteiger charge is 2.18.